The summed E-state index contributed by atoms with van der Waals surface area (Å²) in [5.41, 5.74) is 0.924. The Morgan fingerprint density at radius 3 is 2.59 bits per heavy atom. The number of nitrogens with zero attached hydrogens (tertiary/aromatic N) is 2. The summed E-state index contributed by atoms with van der Waals surface area (Å²) < 4.78 is 23.9. The number of carbonyl (C=O) groups is 2. The quantitative estimate of drug-likeness (QED) is 0.655. The molecule has 2 aliphatic heterocycles. The second-order valence-electron chi connectivity index (χ2n) is 7.55. The van der Waals surface area contributed by atoms with Gasteiger partial charge >= 0.3 is 0 Å². The first-order chi connectivity index (χ1) is 14.1. The Bertz CT molecular complexity index is 677. The molecule has 1 N–H and O–H groups in total. The maximum Gasteiger partial charge on any atom is 0.237 e. The molecule has 1 aromatic rings. The van der Waals surface area contributed by atoms with Crippen LogP contribution in [-0.4, -0.2) is 80.3 Å². The zero-order chi connectivity index (χ0) is 20.6. The van der Waals surface area contributed by atoms with Gasteiger partial charge in [-0.3, -0.25) is 14.5 Å². The fourth-order valence-electron chi connectivity index (χ4n) is 3.86. The van der Waals surface area contributed by atoms with E-state index in [-0.39, 0.29) is 30.2 Å². The molecule has 2 aliphatic rings. The van der Waals surface area contributed by atoms with Crippen molar-refractivity contribution in [3.63, 3.8) is 0 Å². The van der Waals surface area contributed by atoms with E-state index in [4.69, 9.17) is 9.47 Å². The number of benzene rings is 1. The Morgan fingerprint density at radius 2 is 1.90 bits per heavy atom. The van der Waals surface area contributed by atoms with Crippen molar-refractivity contribution in [3.05, 3.63) is 35.6 Å². The van der Waals surface area contributed by atoms with Crippen molar-refractivity contribution >= 4 is 11.8 Å². The first-order valence-corrected chi connectivity index (χ1v) is 10.2. The van der Waals surface area contributed by atoms with Gasteiger partial charge in [-0.2, -0.15) is 0 Å². The van der Waals surface area contributed by atoms with Gasteiger partial charge < -0.3 is 19.7 Å². The van der Waals surface area contributed by atoms with Gasteiger partial charge in [0, 0.05) is 39.8 Å². The lowest BCUT2D eigenvalue weighted by atomic mass is 10.0. The van der Waals surface area contributed by atoms with Gasteiger partial charge in [0.05, 0.1) is 31.8 Å². The number of piperazine rings is 1. The van der Waals surface area contributed by atoms with Crippen molar-refractivity contribution in [3.8, 4) is 0 Å². The van der Waals surface area contributed by atoms with Gasteiger partial charge in [-0.25, -0.2) is 4.39 Å². The summed E-state index contributed by atoms with van der Waals surface area (Å²) in [6.45, 7) is 4.15. The summed E-state index contributed by atoms with van der Waals surface area (Å²) in [5.74, 6) is -0.414. The van der Waals surface area contributed by atoms with Gasteiger partial charge in [-0.15, -0.1) is 0 Å². The van der Waals surface area contributed by atoms with E-state index >= 15 is 0 Å². The van der Waals surface area contributed by atoms with Gasteiger partial charge in [-0.05, 0) is 30.5 Å². The highest BCUT2D eigenvalue weighted by Crippen LogP contribution is 2.19. The van der Waals surface area contributed by atoms with Crippen LogP contribution in [0.5, 0.6) is 0 Å². The van der Waals surface area contributed by atoms with E-state index in [2.05, 4.69) is 5.32 Å². The fourth-order valence-corrected chi connectivity index (χ4v) is 3.86. The van der Waals surface area contributed by atoms with Crippen LogP contribution in [0.15, 0.2) is 24.3 Å². The second-order valence-corrected chi connectivity index (χ2v) is 7.55. The van der Waals surface area contributed by atoms with Crippen molar-refractivity contribution in [1.82, 2.24) is 15.1 Å². The van der Waals surface area contributed by atoms with E-state index in [0.29, 0.717) is 45.9 Å². The van der Waals surface area contributed by atoms with Crippen LogP contribution in [0.3, 0.4) is 0 Å². The largest absolute Gasteiger partial charge is 0.382 e. The lowest BCUT2D eigenvalue weighted by Crippen LogP contribution is -2.56. The molecular formula is C21H30FN3O4. The first-order valence-electron chi connectivity index (χ1n) is 10.2. The highest BCUT2D eigenvalue weighted by atomic mass is 19.1. The van der Waals surface area contributed by atoms with Gasteiger partial charge in [0.2, 0.25) is 11.8 Å². The molecule has 0 radical (unpaired) electrons. The third-order valence-electron chi connectivity index (χ3n) is 5.54. The van der Waals surface area contributed by atoms with E-state index in [0.717, 1.165) is 18.4 Å². The predicted octanol–water partition coefficient (Wildman–Crippen LogP) is 1.17. The van der Waals surface area contributed by atoms with Crippen LogP contribution >= 0.6 is 0 Å². The third kappa shape index (κ3) is 6.22. The molecule has 1 aromatic carbocycles. The minimum atomic E-state index is -0.503. The molecule has 0 aromatic heterocycles. The summed E-state index contributed by atoms with van der Waals surface area (Å²) >= 11 is 0. The summed E-state index contributed by atoms with van der Waals surface area (Å²) in [7, 11) is 1.64. The monoisotopic (exact) mass is 407 g/mol. The second kappa shape index (κ2) is 10.7. The summed E-state index contributed by atoms with van der Waals surface area (Å²) in [5, 5.41) is 2.86. The normalized spacial score (nSPS) is 21.2. The van der Waals surface area contributed by atoms with Crippen LogP contribution in [0.25, 0.3) is 0 Å². The number of likely N-dealkylation sites (tertiary alicyclic amines) is 1. The lowest BCUT2D eigenvalue weighted by Gasteiger charge is -2.37. The van der Waals surface area contributed by atoms with Crippen LogP contribution in [0.4, 0.5) is 4.39 Å². The molecule has 2 fully saturated rings. The number of halogens is 1. The van der Waals surface area contributed by atoms with Gasteiger partial charge in [-0.1, -0.05) is 12.1 Å². The topological polar surface area (TPSA) is 71.1 Å². The Morgan fingerprint density at radius 1 is 1.17 bits per heavy atom. The lowest BCUT2D eigenvalue weighted by molar-refractivity contribution is -0.140. The molecule has 2 saturated heterocycles. The molecule has 0 spiro atoms. The molecule has 2 amide bonds. The maximum absolute atomic E-state index is 13.2. The Labute approximate surface area is 171 Å². The van der Waals surface area contributed by atoms with E-state index < -0.39 is 6.04 Å². The summed E-state index contributed by atoms with van der Waals surface area (Å²) in [6, 6.07) is 5.76. The highest BCUT2D eigenvalue weighted by molar-refractivity contribution is 5.88. The Hall–Kier alpha value is -2.03. The number of hydrogen-bond acceptors (Lipinski definition) is 5. The molecule has 160 valence electrons. The van der Waals surface area contributed by atoms with Gasteiger partial charge in [0.25, 0.3) is 0 Å². The number of hydrogen-bond donors (Lipinski definition) is 1. The zero-order valence-corrected chi connectivity index (χ0v) is 16.9. The Kier molecular flexibility index (Phi) is 7.97. The van der Waals surface area contributed by atoms with Gasteiger partial charge in [0.1, 0.15) is 5.82 Å². The number of carbonyl (C=O) groups excluding carboxylic acids is 2. The zero-order valence-electron chi connectivity index (χ0n) is 16.9. The number of rotatable bonds is 8. The van der Waals surface area contributed by atoms with E-state index in [9.17, 15) is 14.0 Å². The molecule has 3 rings (SSSR count). The summed E-state index contributed by atoms with van der Waals surface area (Å²) in [6.07, 6.45) is 1.90. The predicted molar refractivity (Wildman–Crippen MR) is 106 cm³/mol. The number of ether oxygens (including phenoxy) is 2. The molecule has 0 bridgehead atoms. The van der Waals surface area contributed by atoms with Crippen LogP contribution in [0, 0.1) is 5.82 Å². The van der Waals surface area contributed by atoms with E-state index in [1.807, 2.05) is 9.80 Å². The number of nitrogens with one attached hydrogen (secondary N) is 1. The standard InChI is InChI=1S/C21H30FN3O4/c1-28-12-13-29-18-6-9-24(10-7-18)20(26)14-19-21(27)23-8-11-25(19)15-16-2-4-17(22)5-3-16/h2-5,18-19H,6-15H2,1H3,(H,23,27). The van der Waals surface area contributed by atoms with E-state index in [1.165, 1.54) is 12.1 Å². The van der Waals surface area contributed by atoms with Crippen LogP contribution in [0.1, 0.15) is 24.8 Å². The smallest absolute Gasteiger partial charge is 0.237 e. The molecule has 0 aliphatic carbocycles. The fraction of sp³-hybridized carbons (Fsp3) is 0.619. The summed E-state index contributed by atoms with van der Waals surface area (Å²) in [4.78, 5) is 29.1. The van der Waals surface area contributed by atoms with Crippen molar-refractivity contribution in [1.29, 1.82) is 0 Å². The number of methoxy groups -OCH3 is 1. The average Bonchev–Trinajstić information content (AvgIpc) is 2.73. The third-order valence-corrected chi connectivity index (χ3v) is 5.54. The molecule has 0 saturated carbocycles. The van der Waals surface area contributed by atoms with E-state index in [1.54, 1.807) is 19.2 Å². The molecule has 8 heteroatoms. The molecule has 2 heterocycles. The highest BCUT2D eigenvalue weighted by Gasteiger charge is 2.34. The molecule has 7 nitrogen and oxygen atoms in total. The van der Waals surface area contributed by atoms with Crippen LogP contribution in [0.2, 0.25) is 0 Å². The van der Waals surface area contributed by atoms with Crippen molar-refractivity contribution in [2.45, 2.75) is 38.0 Å². The SMILES string of the molecule is COCCOC1CCN(C(=O)CC2C(=O)NCCN2Cc2ccc(F)cc2)CC1. The van der Waals surface area contributed by atoms with Crippen molar-refractivity contribution in [2.24, 2.45) is 0 Å². The van der Waals surface area contributed by atoms with Crippen molar-refractivity contribution in [2.75, 3.05) is 46.5 Å². The van der Waals surface area contributed by atoms with Crippen LogP contribution < -0.4 is 5.32 Å². The number of piperidine rings is 1. The van der Waals surface area contributed by atoms with Gasteiger partial charge in [0.15, 0.2) is 0 Å². The minimum Gasteiger partial charge on any atom is -0.382 e. The molecule has 29 heavy (non-hydrogen) atoms. The van der Waals surface area contributed by atoms with Crippen molar-refractivity contribution < 1.29 is 23.5 Å². The molecule has 1 atom stereocenters. The minimum absolute atomic E-state index is 0.00787. The maximum atomic E-state index is 13.2. The molecule has 1 unspecified atom stereocenters. The average molecular weight is 407 g/mol. The Balaban J connectivity index is 1.53. The molecular weight excluding hydrogens is 377 g/mol. The van der Waals surface area contributed by atoms with Crippen LogP contribution in [-0.2, 0) is 25.6 Å². The first kappa shape index (κ1) is 21.7. The number of amides is 2.